The van der Waals surface area contributed by atoms with Crippen molar-refractivity contribution in [2.45, 2.75) is 24.7 Å². The SMILES string of the molecule is CC(CCOCC1COc2cscc2O1)S(=O)(=O)Cl. The van der Waals surface area contributed by atoms with Gasteiger partial charge in [-0.25, -0.2) is 8.42 Å². The van der Waals surface area contributed by atoms with Crippen molar-refractivity contribution in [3.05, 3.63) is 10.8 Å². The van der Waals surface area contributed by atoms with E-state index in [2.05, 4.69) is 0 Å². The molecular formula is C11H15ClO5S2. The van der Waals surface area contributed by atoms with Gasteiger partial charge in [0.15, 0.2) is 17.6 Å². The average molecular weight is 327 g/mol. The first-order valence-electron chi connectivity index (χ1n) is 5.83. The first-order valence-corrected chi connectivity index (χ1v) is 9.15. The molecule has 8 heteroatoms. The molecule has 5 nitrogen and oxygen atoms in total. The Bertz CT molecular complexity index is 513. The monoisotopic (exact) mass is 326 g/mol. The third-order valence-electron chi connectivity index (χ3n) is 2.76. The fourth-order valence-electron chi connectivity index (χ4n) is 1.55. The second kappa shape index (κ2) is 6.30. The Balaban J connectivity index is 1.68. The summed E-state index contributed by atoms with van der Waals surface area (Å²) in [6.07, 6.45) is 0.202. The first-order chi connectivity index (χ1) is 8.97. The molecule has 1 aliphatic rings. The highest BCUT2D eigenvalue weighted by molar-refractivity contribution is 8.14. The third-order valence-corrected chi connectivity index (χ3v) is 5.57. The maximum atomic E-state index is 11.0. The quantitative estimate of drug-likeness (QED) is 0.592. The minimum atomic E-state index is -3.50. The van der Waals surface area contributed by atoms with Crippen LogP contribution in [0.3, 0.4) is 0 Å². The predicted octanol–water partition coefficient (Wildman–Crippen LogP) is 2.25. The summed E-state index contributed by atoms with van der Waals surface area (Å²) in [6, 6.07) is 0. The van der Waals surface area contributed by atoms with Gasteiger partial charge in [-0.15, -0.1) is 11.3 Å². The lowest BCUT2D eigenvalue weighted by Gasteiger charge is -2.24. The summed E-state index contributed by atoms with van der Waals surface area (Å²) in [6.45, 7) is 2.68. The molecule has 0 aromatic carbocycles. The highest BCUT2D eigenvalue weighted by atomic mass is 35.7. The lowest BCUT2D eigenvalue weighted by molar-refractivity contribution is 0.00890. The standard InChI is InChI=1S/C11H15ClO5S2/c1-8(19(12,13)14)2-3-15-4-9-5-16-10-6-18-7-11(10)17-9/h6-9H,2-5H2,1H3. The summed E-state index contributed by atoms with van der Waals surface area (Å²) in [7, 11) is 1.73. The van der Waals surface area contributed by atoms with Crippen LogP contribution in [0.25, 0.3) is 0 Å². The molecule has 2 heterocycles. The Labute approximate surface area is 120 Å². The fraction of sp³-hybridized carbons (Fsp3) is 0.636. The van der Waals surface area contributed by atoms with Gasteiger partial charge in [0.2, 0.25) is 9.05 Å². The van der Waals surface area contributed by atoms with Crippen molar-refractivity contribution in [1.29, 1.82) is 0 Å². The van der Waals surface area contributed by atoms with Gasteiger partial charge in [-0.2, -0.15) is 0 Å². The molecule has 0 amide bonds. The minimum Gasteiger partial charge on any atom is -0.485 e. The van der Waals surface area contributed by atoms with Crippen LogP contribution in [0.2, 0.25) is 0 Å². The van der Waals surface area contributed by atoms with Crippen molar-refractivity contribution >= 4 is 31.1 Å². The van der Waals surface area contributed by atoms with Gasteiger partial charge in [-0.3, -0.25) is 0 Å². The van der Waals surface area contributed by atoms with E-state index in [1.807, 2.05) is 10.8 Å². The summed E-state index contributed by atoms with van der Waals surface area (Å²) in [4.78, 5) is 0. The van der Waals surface area contributed by atoms with Crippen molar-refractivity contribution in [2.75, 3.05) is 19.8 Å². The highest BCUT2D eigenvalue weighted by Crippen LogP contribution is 2.35. The molecule has 2 atom stereocenters. The molecule has 0 aliphatic carbocycles. The molecule has 1 aromatic rings. The smallest absolute Gasteiger partial charge is 0.235 e. The minimum absolute atomic E-state index is 0.162. The highest BCUT2D eigenvalue weighted by Gasteiger charge is 2.22. The topological polar surface area (TPSA) is 61.8 Å². The van der Waals surface area contributed by atoms with Crippen molar-refractivity contribution < 1.29 is 22.6 Å². The Morgan fingerprint density at radius 3 is 3.00 bits per heavy atom. The van der Waals surface area contributed by atoms with E-state index in [1.54, 1.807) is 6.92 Å². The zero-order valence-electron chi connectivity index (χ0n) is 10.4. The molecule has 0 radical (unpaired) electrons. The lowest BCUT2D eigenvalue weighted by Crippen LogP contribution is -2.33. The molecule has 1 aromatic heterocycles. The lowest BCUT2D eigenvalue weighted by atomic mass is 10.3. The van der Waals surface area contributed by atoms with E-state index in [1.165, 1.54) is 11.3 Å². The second-order valence-electron chi connectivity index (χ2n) is 4.30. The number of fused-ring (bicyclic) bond motifs is 1. The van der Waals surface area contributed by atoms with Gasteiger partial charge in [-0.05, 0) is 13.3 Å². The summed E-state index contributed by atoms with van der Waals surface area (Å²) in [5.74, 6) is 1.50. The largest absolute Gasteiger partial charge is 0.485 e. The molecular weight excluding hydrogens is 312 g/mol. The Hall–Kier alpha value is -0.500. The van der Waals surface area contributed by atoms with Crippen LogP contribution < -0.4 is 9.47 Å². The van der Waals surface area contributed by atoms with Gasteiger partial charge in [0.25, 0.3) is 0 Å². The molecule has 0 spiro atoms. The molecule has 0 fully saturated rings. The molecule has 19 heavy (non-hydrogen) atoms. The molecule has 0 N–H and O–H groups in total. The van der Waals surface area contributed by atoms with Crippen molar-refractivity contribution in [3.8, 4) is 11.5 Å². The van der Waals surface area contributed by atoms with E-state index in [-0.39, 0.29) is 6.10 Å². The normalized spacial score (nSPS) is 20.2. The van der Waals surface area contributed by atoms with Crippen LogP contribution in [0.4, 0.5) is 0 Å². The summed E-state index contributed by atoms with van der Waals surface area (Å²) < 4.78 is 38.6. The molecule has 1 aliphatic heterocycles. The van der Waals surface area contributed by atoms with Crippen LogP contribution in [0.5, 0.6) is 11.5 Å². The zero-order valence-corrected chi connectivity index (χ0v) is 12.8. The number of thiophene rings is 1. The number of rotatable bonds is 6. The summed E-state index contributed by atoms with van der Waals surface area (Å²) in [5.41, 5.74) is 0. The van der Waals surface area contributed by atoms with E-state index in [9.17, 15) is 8.42 Å². The van der Waals surface area contributed by atoms with Crippen LogP contribution in [-0.2, 0) is 13.8 Å². The molecule has 0 saturated heterocycles. The van der Waals surface area contributed by atoms with E-state index < -0.39 is 14.3 Å². The van der Waals surface area contributed by atoms with Gasteiger partial charge in [0.1, 0.15) is 6.61 Å². The van der Waals surface area contributed by atoms with Gasteiger partial charge < -0.3 is 14.2 Å². The van der Waals surface area contributed by atoms with Gasteiger partial charge in [-0.1, -0.05) is 0 Å². The maximum Gasteiger partial charge on any atom is 0.235 e. The van der Waals surface area contributed by atoms with E-state index in [4.69, 9.17) is 24.9 Å². The van der Waals surface area contributed by atoms with Crippen LogP contribution in [0.1, 0.15) is 13.3 Å². The average Bonchev–Trinajstić information content (AvgIpc) is 2.80. The first kappa shape index (κ1) is 14.9. The van der Waals surface area contributed by atoms with Gasteiger partial charge in [0, 0.05) is 28.0 Å². The number of halogens is 1. The number of hydrogen-bond donors (Lipinski definition) is 0. The van der Waals surface area contributed by atoms with E-state index in [0.717, 1.165) is 11.5 Å². The van der Waals surface area contributed by atoms with Gasteiger partial charge in [0.05, 0.1) is 11.9 Å². The molecule has 108 valence electrons. The van der Waals surface area contributed by atoms with Crippen molar-refractivity contribution in [1.82, 2.24) is 0 Å². The number of ether oxygens (including phenoxy) is 3. The van der Waals surface area contributed by atoms with Crippen LogP contribution >= 0.6 is 22.0 Å². The van der Waals surface area contributed by atoms with Crippen LogP contribution in [-0.4, -0.2) is 39.6 Å². The van der Waals surface area contributed by atoms with E-state index in [0.29, 0.717) is 26.2 Å². The summed E-state index contributed by atoms with van der Waals surface area (Å²) in [5, 5.41) is 3.16. The molecule has 0 saturated carbocycles. The van der Waals surface area contributed by atoms with Gasteiger partial charge >= 0.3 is 0 Å². The van der Waals surface area contributed by atoms with E-state index >= 15 is 0 Å². The zero-order chi connectivity index (χ0) is 13.9. The number of hydrogen-bond acceptors (Lipinski definition) is 6. The van der Waals surface area contributed by atoms with Crippen LogP contribution in [0, 0.1) is 0 Å². The Morgan fingerprint density at radius 1 is 1.53 bits per heavy atom. The Morgan fingerprint density at radius 2 is 2.26 bits per heavy atom. The Kier molecular flexibility index (Phi) is 4.94. The van der Waals surface area contributed by atoms with Crippen molar-refractivity contribution in [3.63, 3.8) is 0 Å². The third kappa shape index (κ3) is 4.24. The molecule has 2 rings (SSSR count). The second-order valence-corrected chi connectivity index (χ2v) is 8.09. The van der Waals surface area contributed by atoms with Crippen molar-refractivity contribution in [2.24, 2.45) is 0 Å². The molecule has 0 bridgehead atoms. The molecule has 2 unspecified atom stereocenters. The predicted molar refractivity (Wildman–Crippen MR) is 73.9 cm³/mol. The summed E-state index contributed by atoms with van der Waals surface area (Å²) >= 11 is 1.52. The maximum absolute atomic E-state index is 11.0. The fourth-order valence-corrected chi connectivity index (χ4v) is 2.86. The van der Waals surface area contributed by atoms with Crippen LogP contribution in [0.15, 0.2) is 10.8 Å².